The third kappa shape index (κ3) is 6.88. The van der Waals surface area contributed by atoms with Gasteiger partial charge in [-0.2, -0.15) is 0 Å². The summed E-state index contributed by atoms with van der Waals surface area (Å²) in [5, 5.41) is -0.318. The number of hydrogen-bond donors (Lipinski definition) is 0. The van der Waals surface area contributed by atoms with Gasteiger partial charge in [0.2, 0.25) is 0 Å². The Morgan fingerprint density at radius 2 is 1.84 bits per heavy atom. The van der Waals surface area contributed by atoms with E-state index in [2.05, 4.69) is 22.5 Å². The van der Waals surface area contributed by atoms with Crippen molar-refractivity contribution >= 4 is 44.9 Å². The van der Waals surface area contributed by atoms with Crippen LogP contribution in [-0.2, 0) is 17.8 Å². The lowest BCUT2D eigenvalue weighted by molar-refractivity contribution is -0.123. The zero-order valence-corrected chi connectivity index (χ0v) is 23.6. The van der Waals surface area contributed by atoms with Gasteiger partial charge in [0.25, 0.3) is 11.1 Å². The van der Waals surface area contributed by atoms with Gasteiger partial charge in [0, 0.05) is 10.0 Å². The molecule has 1 aliphatic rings. The zero-order chi connectivity index (χ0) is 27.1. The maximum absolute atomic E-state index is 13.0. The van der Waals surface area contributed by atoms with Gasteiger partial charge in [0.1, 0.15) is 19.0 Å². The van der Waals surface area contributed by atoms with Gasteiger partial charge < -0.3 is 14.2 Å². The van der Waals surface area contributed by atoms with Crippen LogP contribution in [0.25, 0.3) is 6.08 Å². The van der Waals surface area contributed by atoms with E-state index in [0.717, 1.165) is 38.5 Å². The molecule has 6 nitrogen and oxygen atoms in total. The van der Waals surface area contributed by atoms with E-state index >= 15 is 0 Å². The van der Waals surface area contributed by atoms with Crippen LogP contribution in [0.1, 0.15) is 22.3 Å². The van der Waals surface area contributed by atoms with Crippen LogP contribution in [-0.4, -0.2) is 36.3 Å². The van der Waals surface area contributed by atoms with Gasteiger partial charge in [-0.1, -0.05) is 46.3 Å². The lowest BCUT2D eigenvalue weighted by Crippen LogP contribution is -2.32. The number of amides is 2. The molecule has 0 aromatic heterocycles. The van der Waals surface area contributed by atoms with Crippen molar-refractivity contribution in [2.75, 3.05) is 20.3 Å². The average Bonchev–Trinajstić information content (AvgIpc) is 3.16. The maximum atomic E-state index is 13.0. The number of carbonyl (C=O) groups excluding carboxylic acids is 2. The normalized spacial score (nSPS) is 14.2. The predicted octanol–water partition coefficient (Wildman–Crippen LogP) is 7.19. The molecule has 0 saturated carbocycles. The van der Waals surface area contributed by atoms with Gasteiger partial charge in [-0.3, -0.25) is 14.5 Å². The van der Waals surface area contributed by atoms with Crippen LogP contribution in [0.4, 0.5) is 4.79 Å². The van der Waals surface area contributed by atoms with Crippen LogP contribution in [0.5, 0.6) is 17.2 Å². The van der Waals surface area contributed by atoms with Gasteiger partial charge in [-0.05, 0) is 84.3 Å². The monoisotopic (exact) mass is 593 g/mol. The fraction of sp³-hybridized carbons (Fsp3) is 0.200. The highest BCUT2D eigenvalue weighted by Gasteiger charge is 2.35. The van der Waals surface area contributed by atoms with Crippen molar-refractivity contribution in [2.45, 2.75) is 20.0 Å². The van der Waals surface area contributed by atoms with Crippen LogP contribution < -0.4 is 14.2 Å². The molecular formula is C30H28BrNO5S. The molecule has 0 spiro atoms. The summed E-state index contributed by atoms with van der Waals surface area (Å²) in [5.41, 5.74) is 3.70. The van der Waals surface area contributed by atoms with E-state index in [1.165, 1.54) is 4.90 Å². The first kappa shape index (κ1) is 27.5. The largest absolute Gasteiger partial charge is 0.493 e. The Kier molecular flexibility index (Phi) is 9.31. The van der Waals surface area contributed by atoms with Gasteiger partial charge in [0.05, 0.1) is 18.6 Å². The number of imide groups is 1. The molecule has 1 heterocycles. The molecule has 1 saturated heterocycles. The lowest BCUT2D eigenvalue weighted by Gasteiger charge is -2.16. The minimum absolute atomic E-state index is 0.170. The Hall–Kier alpha value is -3.49. The molecule has 1 fully saturated rings. The predicted molar refractivity (Wildman–Crippen MR) is 155 cm³/mol. The molecule has 3 aromatic carbocycles. The van der Waals surface area contributed by atoms with Crippen LogP contribution in [0, 0.1) is 6.92 Å². The molecule has 0 unspecified atom stereocenters. The second-order valence-corrected chi connectivity index (χ2v) is 10.5. The number of hydrogen-bond acceptors (Lipinski definition) is 6. The highest BCUT2D eigenvalue weighted by atomic mass is 79.9. The molecule has 0 atom stereocenters. The minimum atomic E-state index is -0.340. The molecule has 1 aliphatic heterocycles. The van der Waals surface area contributed by atoms with Crippen molar-refractivity contribution in [1.29, 1.82) is 0 Å². The third-order valence-corrected chi connectivity index (χ3v) is 7.22. The van der Waals surface area contributed by atoms with Crippen molar-refractivity contribution in [3.8, 4) is 17.2 Å². The van der Waals surface area contributed by atoms with Gasteiger partial charge >= 0.3 is 0 Å². The third-order valence-electron chi connectivity index (χ3n) is 5.78. The second kappa shape index (κ2) is 12.8. The van der Waals surface area contributed by atoms with Crippen LogP contribution >= 0.6 is 27.7 Å². The molecule has 2 amide bonds. The first-order valence-electron chi connectivity index (χ1n) is 12.0. The van der Waals surface area contributed by atoms with Crippen LogP contribution in [0.3, 0.4) is 0 Å². The Bertz CT molecular complexity index is 1370. The number of thioether (sulfide) groups is 1. The fourth-order valence-electron chi connectivity index (χ4n) is 3.93. The molecule has 0 N–H and O–H groups in total. The summed E-state index contributed by atoms with van der Waals surface area (Å²) in [7, 11) is 1.57. The molecular weight excluding hydrogens is 566 g/mol. The Balaban J connectivity index is 1.49. The molecule has 0 bridgehead atoms. The van der Waals surface area contributed by atoms with Crippen molar-refractivity contribution in [3.63, 3.8) is 0 Å². The van der Waals surface area contributed by atoms with Gasteiger partial charge in [0.15, 0.2) is 11.5 Å². The van der Waals surface area contributed by atoms with E-state index in [4.69, 9.17) is 14.2 Å². The SMILES string of the molecule is C=CCc1cc(/C=C2\SC(=O)N(CCOc3cccc(C)c3)C2=O)cc(OC)c1OCc1ccc(Br)cc1. The molecule has 196 valence electrons. The van der Waals surface area contributed by atoms with E-state index < -0.39 is 0 Å². The van der Waals surface area contributed by atoms with E-state index in [1.807, 2.05) is 61.5 Å². The molecule has 3 aromatic rings. The van der Waals surface area contributed by atoms with Gasteiger partial charge in [-0.25, -0.2) is 0 Å². The minimum Gasteiger partial charge on any atom is -0.493 e. The fourth-order valence-corrected chi connectivity index (χ4v) is 5.06. The number of nitrogens with zero attached hydrogens (tertiary/aromatic N) is 1. The number of allylic oxidation sites excluding steroid dienone is 1. The Morgan fingerprint density at radius 3 is 2.55 bits per heavy atom. The van der Waals surface area contributed by atoms with Crippen LogP contribution in [0.15, 0.2) is 82.7 Å². The summed E-state index contributed by atoms with van der Waals surface area (Å²) >= 11 is 4.36. The quantitative estimate of drug-likeness (QED) is 0.173. The molecule has 4 rings (SSSR count). The van der Waals surface area contributed by atoms with Crippen LogP contribution in [0.2, 0.25) is 0 Å². The average molecular weight is 595 g/mol. The first-order valence-corrected chi connectivity index (χ1v) is 13.6. The van der Waals surface area contributed by atoms with E-state index in [0.29, 0.717) is 35.2 Å². The summed E-state index contributed by atoms with van der Waals surface area (Å²) in [6.07, 6.45) is 4.04. The van der Waals surface area contributed by atoms with E-state index in [-0.39, 0.29) is 24.3 Å². The number of ether oxygens (including phenoxy) is 3. The summed E-state index contributed by atoms with van der Waals surface area (Å²) in [6, 6.07) is 19.3. The number of aryl methyl sites for hydroxylation is 1. The van der Waals surface area contributed by atoms with Gasteiger partial charge in [-0.15, -0.1) is 6.58 Å². The number of rotatable bonds is 11. The van der Waals surface area contributed by atoms with E-state index in [1.54, 1.807) is 25.3 Å². The number of benzene rings is 3. The maximum Gasteiger partial charge on any atom is 0.293 e. The van der Waals surface area contributed by atoms with Crippen molar-refractivity contribution in [3.05, 3.63) is 105 Å². The summed E-state index contributed by atoms with van der Waals surface area (Å²) < 4.78 is 18.5. The second-order valence-electron chi connectivity index (χ2n) is 8.62. The number of methoxy groups -OCH3 is 1. The highest BCUT2D eigenvalue weighted by molar-refractivity contribution is 9.10. The Labute approximate surface area is 235 Å². The summed E-state index contributed by atoms with van der Waals surface area (Å²) in [5.74, 6) is 1.52. The van der Waals surface area contributed by atoms with Crippen molar-refractivity contribution in [2.24, 2.45) is 0 Å². The lowest BCUT2D eigenvalue weighted by atomic mass is 10.0. The molecule has 0 radical (unpaired) electrons. The smallest absolute Gasteiger partial charge is 0.293 e. The number of halogens is 1. The topological polar surface area (TPSA) is 65.1 Å². The zero-order valence-electron chi connectivity index (χ0n) is 21.2. The van der Waals surface area contributed by atoms with Crippen molar-refractivity contribution < 1.29 is 23.8 Å². The molecule has 0 aliphatic carbocycles. The standard InChI is InChI=1S/C30H28BrNO5S/c1-4-6-23-16-22(17-26(35-3)28(23)37-19-21-9-11-24(31)12-10-21)18-27-29(33)32(30(34)38-27)13-14-36-25-8-5-7-20(2)15-25/h4-5,7-12,15-18H,1,6,13-14,19H2,2-3H3/b27-18-. The number of carbonyl (C=O) groups is 2. The molecule has 8 heteroatoms. The summed E-state index contributed by atoms with van der Waals surface area (Å²) in [6.45, 7) is 6.60. The first-order chi connectivity index (χ1) is 18.4. The Morgan fingerprint density at radius 1 is 1.05 bits per heavy atom. The summed E-state index contributed by atoms with van der Waals surface area (Å²) in [4.78, 5) is 27.2. The van der Waals surface area contributed by atoms with E-state index in [9.17, 15) is 9.59 Å². The highest BCUT2D eigenvalue weighted by Crippen LogP contribution is 2.37. The van der Waals surface area contributed by atoms with Crippen molar-refractivity contribution in [1.82, 2.24) is 4.90 Å². The molecule has 38 heavy (non-hydrogen) atoms.